The summed E-state index contributed by atoms with van der Waals surface area (Å²) in [6, 6.07) is 58.8. The van der Waals surface area contributed by atoms with Crippen molar-refractivity contribution < 1.29 is 0 Å². The summed E-state index contributed by atoms with van der Waals surface area (Å²) < 4.78 is 6.80. The molecule has 5 aromatic heterocycles. The van der Waals surface area contributed by atoms with Crippen LogP contribution in [0.15, 0.2) is 195 Å². The number of hydrogen-bond acceptors (Lipinski definition) is 5. The van der Waals surface area contributed by atoms with Crippen molar-refractivity contribution in [2.75, 3.05) is 0 Å². The highest BCUT2D eigenvalue weighted by molar-refractivity contribution is 5.90. The number of para-hydroxylation sites is 7. The summed E-state index contributed by atoms with van der Waals surface area (Å²) in [5, 5.41) is 0. The highest BCUT2D eigenvalue weighted by atomic mass is 15.1. The Morgan fingerprint density at radius 2 is 0.719 bits per heavy atom. The third kappa shape index (κ3) is 5.50. The van der Waals surface area contributed by atoms with Crippen LogP contribution in [0.5, 0.6) is 0 Å². The number of aromatic nitrogens is 8. The SMILES string of the molecule is c1ccc(-c2nc3ccccc3n2-c2ccccc2-c2cc(-n3c(-c4ccncc4)nc4ccccc43)cc(-n3c(-c4ccncc4)nc4ccccc43)c2)cc1. The lowest BCUT2D eigenvalue weighted by molar-refractivity contribution is 1.06. The third-order valence-corrected chi connectivity index (χ3v) is 10.5. The molecule has 0 unspecified atom stereocenters. The van der Waals surface area contributed by atoms with Crippen molar-refractivity contribution in [3.05, 3.63) is 195 Å². The van der Waals surface area contributed by atoms with E-state index in [0.717, 1.165) is 95.5 Å². The van der Waals surface area contributed by atoms with Crippen LogP contribution in [0.3, 0.4) is 0 Å². The Kier molecular flexibility index (Phi) is 7.63. The molecule has 0 atom stereocenters. The number of nitrogens with zero attached hydrogens (tertiary/aromatic N) is 8. The first-order valence-electron chi connectivity index (χ1n) is 18.8. The van der Waals surface area contributed by atoms with Crippen LogP contribution in [0.25, 0.3) is 95.5 Å². The Labute approximate surface area is 327 Å². The van der Waals surface area contributed by atoms with Gasteiger partial charge in [-0.15, -0.1) is 0 Å². The van der Waals surface area contributed by atoms with Crippen LogP contribution in [0, 0.1) is 0 Å². The average molecular weight is 733 g/mol. The zero-order chi connectivity index (χ0) is 37.7. The molecule has 11 rings (SSSR count). The molecule has 0 aliphatic heterocycles. The standard InChI is InChI=1S/C49H32N8/c1-2-12-33(13-3-1)49-54-42-17-7-11-21-46(42)57(49)43-18-8-4-14-39(43)36-30-37(55-44-19-9-5-15-40(44)52-47(55)34-22-26-50-27-23-34)32-38(31-36)56-45-20-10-6-16-41(45)53-48(56)35-24-28-51-29-25-35/h1-32H. The van der Waals surface area contributed by atoms with E-state index >= 15 is 0 Å². The number of benzene rings is 6. The van der Waals surface area contributed by atoms with Gasteiger partial charge in [-0.25, -0.2) is 15.0 Å². The van der Waals surface area contributed by atoms with Crippen molar-refractivity contribution in [3.63, 3.8) is 0 Å². The minimum atomic E-state index is 0.826. The van der Waals surface area contributed by atoms with E-state index in [9.17, 15) is 0 Å². The summed E-state index contributed by atoms with van der Waals surface area (Å²) in [4.78, 5) is 24.2. The number of rotatable bonds is 7. The van der Waals surface area contributed by atoms with Gasteiger partial charge in [-0.05, 0) is 90.5 Å². The molecule has 8 nitrogen and oxygen atoms in total. The Morgan fingerprint density at radius 3 is 1.25 bits per heavy atom. The monoisotopic (exact) mass is 732 g/mol. The van der Waals surface area contributed by atoms with Crippen molar-refractivity contribution in [1.82, 2.24) is 38.6 Å². The second-order valence-corrected chi connectivity index (χ2v) is 13.9. The first-order valence-corrected chi connectivity index (χ1v) is 18.8. The molecule has 57 heavy (non-hydrogen) atoms. The molecule has 0 bridgehead atoms. The molecule has 5 heterocycles. The smallest absolute Gasteiger partial charge is 0.145 e. The lowest BCUT2D eigenvalue weighted by atomic mass is 10.0. The van der Waals surface area contributed by atoms with E-state index in [1.54, 1.807) is 0 Å². The van der Waals surface area contributed by atoms with Crippen molar-refractivity contribution in [3.8, 4) is 62.4 Å². The highest BCUT2D eigenvalue weighted by Gasteiger charge is 2.22. The second kappa shape index (κ2) is 13.4. The fourth-order valence-electron chi connectivity index (χ4n) is 7.94. The van der Waals surface area contributed by atoms with Crippen molar-refractivity contribution >= 4 is 33.1 Å². The van der Waals surface area contributed by atoms with Gasteiger partial charge in [-0.1, -0.05) is 84.9 Å². The molecule has 0 radical (unpaired) electrons. The Hall–Kier alpha value is -7.97. The summed E-state index contributed by atoms with van der Waals surface area (Å²) in [5.41, 5.74) is 13.7. The summed E-state index contributed by atoms with van der Waals surface area (Å²) in [5.74, 6) is 2.53. The first kappa shape index (κ1) is 32.5. The topological polar surface area (TPSA) is 79.2 Å². The molecule has 0 N–H and O–H groups in total. The predicted octanol–water partition coefficient (Wildman–Crippen LogP) is 11.2. The Morgan fingerprint density at radius 1 is 0.316 bits per heavy atom. The normalized spacial score (nSPS) is 11.5. The summed E-state index contributed by atoms with van der Waals surface area (Å²) in [6.45, 7) is 0. The van der Waals surface area contributed by atoms with Gasteiger partial charge in [0.25, 0.3) is 0 Å². The maximum atomic E-state index is 5.20. The van der Waals surface area contributed by atoms with E-state index in [1.165, 1.54) is 0 Å². The van der Waals surface area contributed by atoms with Gasteiger partial charge in [0, 0.05) is 47.0 Å². The second-order valence-electron chi connectivity index (χ2n) is 13.9. The maximum absolute atomic E-state index is 5.20. The first-order chi connectivity index (χ1) is 28.3. The van der Waals surface area contributed by atoms with E-state index < -0.39 is 0 Å². The predicted molar refractivity (Wildman–Crippen MR) is 228 cm³/mol. The summed E-state index contributed by atoms with van der Waals surface area (Å²) >= 11 is 0. The molecule has 0 spiro atoms. The number of pyridine rings is 2. The molecule has 0 fully saturated rings. The Bertz CT molecular complexity index is 3100. The zero-order valence-corrected chi connectivity index (χ0v) is 30.6. The molecule has 0 saturated heterocycles. The third-order valence-electron chi connectivity index (χ3n) is 10.5. The quantitative estimate of drug-likeness (QED) is 0.163. The molecule has 0 saturated carbocycles. The minimum Gasteiger partial charge on any atom is -0.292 e. The van der Waals surface area contributed by atoms with Gasteiger partial charge in [-0.2, -0.15) is 0 Å². The average Bonchev–Trinajstić information content (AvgIpc) is 3.99. The number of hydrogen-bond donors (Lipinski definition) is 0. The van der Waals surface area contributed by atoms with Crippen molar-refractivity contribution in [1.29, 1.82) is 0 Å². The molecule has 268 valence electrons. The molecule has 0 amide bonds. The highest BCUT2D eigenvalue weighted by Crippen LogP contribution is 2.39. The van der Waals surface area contributed by atoms with E-state index in [1.807, 2.05) is 73.3 Å². The van der Waals surface area contributed by atoms with Gasteiger partial charge < -0.3 is 0 Å². The molecule has 0 aliphatic carbocycles. The van der Waals surface area contributed by atoms with E-state index in [2.05, 4.69) is 145 Å². The summed E-state index contributed by atoms with van der Waals surface area (Å²) in [7, 11) is 0. The van der Waals surface area contributed by atoms with E-state index in [4.69, 9.17) is 15.0 Å². The van der Waals surface area contributed by atoms with Crippen molar-refractivity contribution in [2.45, 2.75) is 0 Å². The van der Waals surface area contributed by atoms with E-state index in [-0.39, 0.29) is 0 Å². The molecule has 11 aromatic rings. The van der Waals surface area contributed by atoms with Crippen molar-refractivity contribution in [2.24, 2.45) is 0 Å². The Balaban J connectivity index is 1.24. The fraction of sp³-hybridized carbons (Fsp3) is 0. The van der Waals surface area contributed by atoms with Crippen LogP contribution in [0.4, 0.5) is 0 Å². The molecule has 0 aliphatic rings. The van der Waals surface area contributed by atoms with Gasteiger partial charge in [0.2, 0.25) is 0 Å². The number of fused-ring (bicyclic) bond motifs is 3. The van der Waals surface area contributed by atoms with Gasteiger partial charge >= 0.3 is 0 Å². The van der Waals surface area contributed by atoms with Crippen LogP contribution in [-0.2, 0) is 0 Å². The van der Waals surface area contributed by atoms with Crippen LogP contribution in [0.2, 0.25) is 0 Å². The molecular formula is C49H32N8. The van der Waals surface area contributed by atoms with Gasteiger partial charge in [0.05, 0.1) is 50.2 Å². The van der Waals surface area contributed by atoms with Gasteiger partial charge in [0.1, 0.15) is 17.5 Å². The van der Waals surface area contributed by atoms with Crippen LogP contribution >= 0.6 is 0 Å². The van der Waals surface area contributed by atoms with E-state index in [0.29, 0.717) is 0 Å². The minimum absolute atomic E-state index is 0.826. The van der Waals surface area contributed by atoms with Crippen LogP contribution in [-0.4, -0.2) is 38.6 Å². The molecule has 6 aromatic carbocycles. The molecule has 8 heteroatoms. The molecular weight excluding hydrogens is 701 g/mol. The maximum Gasteiger partial charge on any atom is 0.145 e. The lowest BCUT2D eigenvalue weighted by Gasteiger charge is -2.19. The number of imidazole rings is 3. The fourth-order valence-corrected chi connectivity index (χ4v) is 7.94. The van der Waals surface area contributed by atoms with Crippen LogP contribution in [0.1, 0.15) is 0 Å². The zero-order valence-electron chi connectivity index (χ0n) is 30.6. The summed E-state index contributed by atoms with van der Waals surface area (Å²) in [6.07, 6.45) is 7.26. The van der Waals surface area contributed by atoms with Crippen LogP contribution < -0.4 is 0 Å². The largest absolute Gasteiger partial charge is 0.292 e. The van der Waals surface area contributed by atoms with Gasteiger partial charge in [-0.3, -0.25) is 23.7 Å². The van der Waals surface area contributed by atoms with Gasteiger partial charge in [0.15, 0.2) is 0 Å². The lowest BCUT2D eigenvalue weighted by Crippen LogP contribution is -2.04.